The number of amides is 1. The zero-order chi connectivity index (χ0) is 17.5. The molecule has 0 unspecified atom stereocenters. The van der Waals surface area contributed by atoms with Crippen molar-refractivity contribution in [3.63, 3.8) is 0 Å². The van der Waals surface area contributed by atoms with Gasteiger partial charge in [0.15, 0.2) is 0 Å². The Morgan fingerprint density at radius 1 is 1.42 bits per heavy atom. The topological polar surface area (TPSA) is 41.6 Å². The normalized spacial score (nSPS) is 18.6. The van der Waals surface area contributed by atoms with Crippen LogP contribution in [0.2, 0.25) is 5.02 Å². The van der Waals surface area contributed by atoms with Gasteiger partial charge in [-0.2, -0.15) is 0 Å². The number of terminal acetylenes is 1. The van der Waals surface area contributed by atoms with Gasteiger partial charge in [-0.05, 0) is 50.6 Å². The molecule has 24 heavy (non-hydrogen) atoms. The maximum Gasteiger partial charge on any atom is 0.223 e. The molecule has 130 valence electrons. The summed E-state index contributed by atoms with van der Waals surface area (Å²) in [6, 6.07) is 7.40. The fourth-order valence-electron chi connectivity index (χ4n) is 3.18. The van der Waals surface area contributed by atoms with E-state index in [1.807, 2.05) is 31.2 Å². The van der Waals surface area contributed by atoms with E-state index in [4.69, 9.17) is 22.8 Å². The first kappa shape index (κ1) is 18.8. The van der Waals surface area contributed by atoms with Crippen molar-refractivity contribution in [1.82, 2.24) is 10.2 Å². The van der Waals surface area contributed by atoms with E-state index >= 15 is 0 Å². The Kier molecular flexibility index (Phi) is 7.11. The maximum atomic E-state index is 12.5. The van der Waals surface area contributed by atoms with Crippen LogP contribution >= 0.6 is 11.6 Å². The fraction of sp³-hybridized carbons (Fsp3) is 0.526. The number of nitrogens with one attached hydrogen (secondary N) is 1. The van der Waals surface area contributed by atoms with Crippen LogP contribution in [0.25, 0.3) is 0 Å². The zero-order valence-corrected chi connectivity index (χ0v) is 15.1. The quantitative estimate of drug-likeness (QED) is 0.804. The van der Waals surface area contributed by atoms with E-state index in [2.05, 4.69) is 16.1 Å². The molecule has 0 spiro atoms. The summed E-state index contributed by atoms with van der Waals surface area (Å²) >= 11 is 5.93. The molecule has 1 amide bonds. The molecule has 1 N–H and O–H groups in total. The highest BCUT2D eigenvalue weighted by molar-refractivity contribution is 6.30. The Balaban J connectivity index is 1.90. The molecule has 0 saturated carbocycles. The lowest BCUT2D eigenvalue weighted by molar-refractivity contribution is -0.128. The Morgan fingerprint density at radius 2 is 2.04 bits per heavy atom. The first-order chi connectivity index (χ1) is 11.5. The first-order valence-corrected chi connectivity index (χ1v) is 8.67. The van der Waals surface area contributed by atoms with Crippen LogP contribution in [0.4, 0.5) is 0 Å². The molecule has 1 saturated heterocycles. The largest absolute Gasteiger partial charge is 0.375 e. The highest BCUT2D eigenvalue weighted by atomic mass is 35.5. The molecule has 0 aromatic heterocycles. The van der Waals surface area contributed by atoms with Crippen LogP contribution in [0.15, 0.2) is 24.3 Å². The lowest BCUT2D eigenvalue weighted by atomic mass is 9.95. The molecule has 0 bridgehead atoms. The SMILES string of the molecule is C#CCN1CCC(C(=O)N[C@H](C)[C@H](OC)c2ccc(Cl)cc2)CC1. The molecule has 1 aliphatic heterocycles. The molecule has 5 heteroatoms. The van der Waals surface area contributed by atoms with Gasteiger partial charge in [0.2, 0.25) is 5.91 Å². The van der Waals surface area contributed by atoms with Crippen molar-refractivity contribution in [2.75, 3.05) is 26.7 Å². The van der Waals surface area contributed by atoms with Gasteiger partial charge < -0.3 is 10.1 Å². The zero-order valence-electron chi connectivity index (χ0n) is 14.3. The van der Waals surface area contributed by atoms with Crippen molar-refractivity contribution in [3.8, 4) is 12.3 Å². The number of likely N-dealkylation sites (tertiary alicyclic amines) is 1. The number of methoxy groups -OCH3 is 1. The number of hydrogen-bond acceptors (Lipinski definition) is 3. The summed E-state index contributed by atoms with van der Waals surface area (Å²) in [4.78, 5) is 14.7. The molecular weight excluding hydrogens is 324 g/mol. The number of piperidine rings is 1. The minimum Gasteiger partial charge on any atom is -0.375 e. The van der Waals surface area contributed by atoms with E-state index in [-0.39, 0.29) is 24.0 Å². The van der Waals surface area contributed by atoms with Crippen LogP contribution in [0.1, 0.15) is 31.4 Å². The summed E-state index contributed by atoms with van der Waals surface area (Å²) in [7, 11) is 1.65. The van der Waals surface area contributed by atoms with E-state index in [9.17, 15) is 4.79 Å². The maximum absolute atomic E-state index is 12.5. The molecule has 1 aliphatic rings. The van der Waals surface area contributed by atoms with Gasteiger partial charge in [0.25, 0.3) is 0 Å². The minimum atomic E-state index is -0.201. The van der Waals surface area contributed by atoms with Crippen molar-refractivity contribution < 1.29 is 9.53 Å². The Bertz CT molecular complexity index is 574. The van der Waals surface area contributed by atoms with Crippen LogP contribution in [-0.2, 0) is 9.53 Å². The van der Waals surface area contributed by atoms with Crippen LogP contribution < -0.4 is 5.32 Å². The Labute approximate surface area is 149 Å². The predicted molar refractivity (Wildman–Crippen MR) is 96.8 cm³/mol. The van der Waals surface area contributed by atoms with Crippen LogP contribution in [0.5, 0.6) is 0 Å². The third-order valence-corrected chi connectivity index (χ3v) is 4.80. The van der Waals surface area contributed by atoms with Gasteiger partial charge in [-0.1, -0.05) is 29.7 Å². The highest BCUT2D eigenvalue weighted by Crippen LogP contribution is 2.24. The second-order valence-electron chi connectivity index (χ2n) is 6.26. The molecule has 4 nitrogen and oxygen atoms in total. The second kappa shape index (κ2) is 9.08. The first-order valence-electron chi connectivity index (χ1n) is 8.29. The lowest BCUT2D eigenvalue weighted by Crippen LogP contribution is -2.45. The second-order valence-corrected chi connectivity index (χ2v) is 6.70. The summed E-state index contributed by atoms with van der Waals surface area (Å²) in [6.45, 7) is 4.38. The van der Waals surface area contributed by atoms with Crippen molar-refractivity contribution in [2.45, 2.75) is 31.9 Å². The number of carbonyl (C=O) groups excluding carboxylic acids is 1. The minimum absolute atomic E-state index is 0.0456. The Hall–Kier alpha value is -1.54. The Morgan fingerprint density at radius 3 is 2.58 bits per heavy atom. The van der Waals surface area contributed by atoms with Gasteiger partial charge in [0, 0.05) is 18.1 Å². The van der Waals surface area contributed by atoms with Gasteiger partial charge >= 0.3 is 0 Å². The number of halogens is 1. The van der Waals surface area contributed by atoms with E-state index in [0.717, 1.165) is 31.5 Å². The van der Waals surface area contributed by atoms with E-state index in [0.29, 0.717) is 11.6 Å². The molecular formula is C19H25ClN2O2. The van der Waals surface area contributed by atoms with Crippen LogP contribution in [0.3, 0.4) is 0 Å². The summed E-state index contributed by atoms with van der Waals surface area (Å²) in [5.74, 6) is 2.80. The number of nitrogens with zero attached hydrogens (tertiary/aromatic N) is 1. The van der Waals surface area contributed by atoms with E-state index in [1.165, 1.54) is 0 Å². The molecule has 0 aliphatic carbocycles. The number of rotatable bonds is 6. The monoisotopic (exact) mass is 348 g/mol. The molecule has 0 radical (unpaired) electrons. The van der Waals surface area contributed by atoms with Crippen molar-refractivity contribution >= 4 is 17.5 Å². The van der Waals surface area contributed by atoms with Crippen molar-refractivity contribution in [1.29, 1.82) is 0 Å². The summed E-state index contributed by atoms with van der Waals surface area (Å²) < 4.78 is 5.59. The molecule has 1 aromatic rings. The van der Waals surface area contributed by atoms with Gasteiger partial charge in [0.1, 0.15) is 6.10 Å². The average molecular weight is 349 g/mol. The fourth-order valence-corrected chi connectivity index (χ4v) is 3.31. The lowest BCUT2D eigenvalue weighted by Gasteiger charge is -2.31. The standard InChI is InChI=1S/C19H25ClN2O2/c1-4-11-22-12-9-16(10-13-22)19(23)21-14(2)18(24-3)15-5-7-17(20)8-6-15/h1,5-8,14,16,18H,9-13H2,2-3H3,(H,21,23)/t14-,18+/m1/s1. The summed E-state index contributed by atoms with van der Waals surface area (Å²) in [5.41, 5.74) is 0.999. The summed E-state index contributed by atoms with van der Waals surface area (Å²) in [5, 5.41) is 3.79. The number of hydrogen-bond donors (Lipinski definition) is 1. The average Bonchev–Trinajstić information content (AvgIpc) is 2.58. The van der Waals surface area contributed by atoms with E-state index < -0.39 is 0 Å². The van der Waals surface area contributed by atoms with Gasteiger partial charge in [-0.15, -0.1) is 6.42 Å². The van der Waals surface area contributed by atoms with Gasteiger partial charge in [-0.3, -0.25) is 9.69 Å². The van der Waals surface area contributed by atoms with Crippen molar-refractivity contribution in [3.05, 3.63) is 34.9 Å². The smallest absolute Gasteiger partial charge is 0.223 e. The van der Waals surface area contributed by atoms with Gasteiger partial charge in [0.05, 0.1) is 12.6 Å². The van der Waals surface area contributed by atoms with Gasteiger partial charge in [-0.25, -0.2) is 0 Å². The predicted octanol–water partition coefficient (Wildman–Crippen LogP) is 2.88. The van der Waals surface area contributed by atoms with Crippen LogP contribution in [-0.4, -0.2) is 43.6 Å². The molecule has 1 aromatic carbocycles. The van der Waals surface area contributed by atoms with E-state index in [1.54, 1.807) is 7.11 Å². The summed E-state index contributed by atoms with van der Waals surface area (Å²) in [6.07, 6.45) is 6.83. The van der Waals surface area contributed by atoms with Crippen molar-refractivity contribution in [2.24, 2.45) is 5.92 Å². The molecule has 1 fully saturated rings. The molecule has 1 heterocycles. The van der Waals surface area contributed by atoms with Crippen LogP contribution in [0, 0.1) is 18.3 Å². The third kappa shape index (κ3) is 4.98. The number of carbonyl (C=O) groups is 1. The number of ether oxygens (including phenoxy) is 1. The third-order valence-electron chi connectivity index (χ3n) is 4.55. The number of benzene rings is 1. The molecule has 2 atom stereocenters. The highest BCUT2D eigenvalue weighted by Gasteiger charge is 2.27. The molecule has 2 rings (SSSR count).